The van der Waals surface area contributed by atoms with E-state index in [0.717, 1.165) is 11.8 Å². The van der Waals surface area contributed by atoms with Gasteiger partial charge in [0.25, 0.3) is 0 Å². The number of rotatable bonds is 2. The van der Waals surface area contributed by atoms with Gasteiger partial charge in [0.2, 0.25) is 0 Å². The summed E-state index contributed by atoms with van der Waals surface area (Å²) in [7, 11) is 0. The zero-order valence-corrected chi connectivity index (χ0v) is 7.91. The summed E-state index contributed by atoms with van der Waals surface area (Å²) in [5.74, 6) is 1.93. The summed E-state index contributed by atoms with van der Waals surface area (Å²) in [6.45, 7) is 0. The lowest BCUT2D eigenvalue weighted by Crippen LogP contribution is -2.27. The van der Waals surface area contributed by atoms with Gasteiger partial charge in [0.05, 0.1) is 0 Å². The van der Waals surface area contributed by atoms with E-state index >= 15 is 0 Å². The molecule has 0 spiro atoms. The van der Waals surface area contributed by atoms with Crippen LogP contribution in [0.1, 0.15) is 12.8 Å². The lowest BCUT2D eigenvalue weighted by molar-refractivity contribution is 0.232. The summed E-state index contributed by atoms with van der Waals surface area (Å²) in [6, 6.07) is 0. The van der Waals surface area contributed by atoms with E-state index in [-0.39, 0.29) is 0 Å². The Hall–Kier alpha value is 0.960. The molecule has 0 bridgehead atoms. The van der Waals surface area contributed by atoms with Gasteiger partial charge in [0.1, 0.15) is 0 Å². The Morgan fingerprint density at radius 1 is 1.00 bits per heavy atom. The first-order valence-electron chi connectivity index (χ1n) is 3.00. The molecule has 1 rings (SSSR count). The van der Waals surface area contributed by atoms with Gasteiger partial charge in [0, 0.05) is 10.7 Å². The molecule has 8 heavy (non-hydrogen) atoms. The molecule has 48 valence electrons. The van der Waals surface area contributed by atoms with Crippen molar-refractivity contribution in [1.82, 2.24) is 0 Å². The number of halogens is 2. The third-order valence-corrected chi connectivity index (χ3v) is 3.63. The maximum Gasteiger partial charge on any atom is 0.00626 e. The van der Waals surface area contributed by atoms with Gasteiger partial charge in [-0.25, -0.2) is 0 Å². The van der Waals surface area contributed by atoms with Crippen LogP contribution in [0.4, 0.5) is 0 Å². The number of alkyl halides is 2. The normalized spacial score (nSPS) is 36.8. The van der Waals surface area contributed by atoms with Crippen LogP contribution in [0.5, 0.6) is 0 Å². The fourth-order valence-electron chi connectivity index (χ4n) is 1.04. The summed E-state index contributed by atoms with van der Waals surface area (Å²) in [5.41, 5.74) is 0. The van der Waals surface area contributed by atoms with Crippen molar-refractivity contribution in [2.24, 2.45) is 11.8 Å². The van der Waals surface area contributed by atoms with Crippen molar-refractivity contribution in [1.29, 1.82) is 0 Å². The molecule has 1 aliphatic carbocycles. The molecule has 0 N–H and O–H groups in total. The molecule has 0 aromatic carbocycles. The van der Waals surface area contributed by atoms with Crippen molar-refractivity contribution < 1.29 is 0 Å². The average Bonchev–Trinajstić information content (AvgIpc) is 1.66. The molecule has 1 aliphatic rings. The third kappa shape index (κ3) is 1.27. The minimum absolute atomic E-state index is 0.967. The second-order valence-corrected chi connectivity index (χ2v) is 3.70. The number of hydrogen-bond donors (Lipinski definition) is 0. The molecule has 0 nitrogen and oxygen atoms in total. The maximum atomic E-state index is 3.49. The number of hydrogen-bond acceptors (Lipinski definition) is 0. The minimum Gasteiger partial charge on any atom is -0.0925 e. The molecule has 2 atom stereocenters. The van der Waals surface area contributed by atoms with E-state index in [1.165, 1.54) is 23.5 Å². The van der Waals surface area contributed by atoms with Crippen molar-refractivity contribution in [2.75, 3.05) is 10.7 Å². The summed E-state index contributed by atoms with van der Waals surface area (Å²) in [6.07, 6.45) is 2.86. The quantitative estimate of drug-likeness (QED) is 0.653. The van der Waals surface area contributed by atoms with Crippen molar-refractivity contribution in [3.63, 3.8) is 0 Å². The summed E-state index contributed by atoms with van der Waals surface area (Å²) < 4.78 is 0. The lowest BCUT2D eigenvalue weighted by atomic mass is 9.76. The zero-order valence-electron chi connectivity index (χ0n) is 4.74. The van der Waals surface area contributed by atoms with Crippen LogP contribution in [0.2, 0.25) is 0 Å². The Balaban J connectivity index is 2.16. The van der Waals surface area contributed by atoms with Crippen molar-refractivity contribution in [3.8, 4) is 0 Å². The first kappa shape index (κ1) is 7.07. The van der Waals surface area contributed by atoms with Crippen LogP contribution in [-0.2, 0) is 0 Å². The fourth-order valence-corrected chi connectivity index (χ4v) is 2.75. The predicted molar refractivity (Wildman–Crippen MR) is 43.8 cm³/mol. The van der Waals surface area contributed by atoms with Gasteiger partial charge >= 0.3 is 0 Å². The van der Waals surface area contributed by atoms with Crippen molar-refractivity contribution >= 4 is 31.9 Å². The molecule has 0 aromatic heterocycles. The summed E-state index contributed by atoms with van der Waals surface area (Å²) >= 11 is 6.97. The third-order valence-electron chi connectivity index (χ3n) is 1.97. The van der Waals surface area contributed by atoms with Crippen LogP contribution in [0.25, 0.3) is 0 Å². The van der Waals surface area contributed by atoms with Crippen molar-refractivity contribution in [3.05, 3.63) is 0 Å². The van der Waals surface area contributed by atoms with Gasteiger partial charge in [-0.1, -0.05) is 31.9 Å². The maximum absolute atomic E-state index is 3.49. The molecule has 0 unspecified atom stereocenters. The predicted octanol–water partition coefficient (Wildman–Crippen LogP) is 2.80. The molecule has 0 aromatic rings. The summed E-state index contributed by atoms with van der Waals surface area (Å²) in [5, 5.41) is 2.40. The van der Waals surface area contributed by atoms with E-state index in [9.17, 15) is 0 Å². The van der Waals surface area contributed by atoms with E-state index in [4.69, 9.17) is 0 Å². The van der Waals surface area contributed by atoms with Gasteiger partial charge in [-0.05, 0) is 24.7 Å². The largest absolute Gasteiger partial charge is 0.0925 e. The highest BCUT2D eigenvalue weighted by Crippen LogP contribution is 2.36. The van der Waals surface area contributed by atoms with Crippen LogP contribution >= 0.6 is 31.9 Å². The fraction of sp³-hybridized carbons (Fsp3) is 1.00. The van der Waals surface area contributed by atoms with Crippen LogP contribution < -0.4 is 0 Å². The average molecular weight is 242 g/mol. The summed E-state index contributed by atoms with van der Waals surface area (Å²) in [4.78, 5) is 0. The van der Waals surface area contributed by atoms with Gasteiger partial charge in [-0.2, -0.15) is 0 Å². The second kappa shape index (κ2) is 3.21. The van der Waals surface area contributed by atoms with E-state index in [1.807, 2.05) is 0 Å². The van der Waals surface area contributed by atoms with Gasteiger partial charge in [0.15, 0.2) is 0 Å². The van der Waals surface area contributed by atoms with Gasteiger partial charge < -0.3 is 0 Å². The Bertz CT molecular complexity index is 58.9. The van der Waals surface area contributed by atoms with Crippen LogP contribution in [0.3, 0.4) is 0 Å². The standard InChI is InChI=1S/C6H10Br2/c7-3-5-1-2-6(5)4-8/h5-6H,1-4H2/t5-,6-/m0/s1. The molecule has 0 radical (unpaired) electrons. The Labute approximate surface area is 67.3 Å². The van der Waals surface area contributed by atoms with Crippen molar-refractivity contribution in [2.45, 2.75) is 12.8 Å². The Kier molecular flexibility index (Phi) is 2.84. The Morgan fingerprint density at radius 3 is 1.50 bits per heavy atom. The highest BCUT2D eigenvalue weighted by atomic mass is 79.9. The Morgan fingerprint density at radius 2 is 1.38 bits per heavy atom. The first-order chi connectivity index (χ1) is 3.88. The molecule has 0 amide bonds. The molecule has 1 saturated carbocycles. The second-order valence-electron chi connectivity index (χ2n) is 2.41. The van der Waals surface area contributed by atoms with E-state index < -0.39 is 0 Å². The highest BCUT2D eigenvalue weighted by Gasteiger charge is 2.28. The van der Waals surface area contributed by atoms with E-state index in [2.05, 4.69) is 31.9 Å². The molecule has 0 saturated heterocycles. The molecule has 2 heteroatoms. The van der Waals surface area contributed by atoms with Crippen LogP contribution in [-0.4, -0.2) is 10.7 Å². The SMILES string of the molecule is BrC[C@@H]1CC[C@H]1CBr. The van der Waals surface area contributed by atoms with E-state index in [0.29, 0.717) is 0 Å². The molecule has 0 aliphatic heterocycles. The van der Waals surface area contributed by atoms with Crippen LogP contribution in [0, 0.1) is 11.8 Å². The molecular weight excluding hydrogens is 232 g/mol. The molecule has 0 heterocycles. The zero-order chi connectivity index (χ0) is 5.98. The molecule has 1 fully saturated rings. The molecular formula is C6H10Br2. The van der Waals surface area contributed by atoms with Crippen LogP contribution in [0.15, 0.2) is 0 Å². The first-order valence-corrected chi connectivity index (χ1v) is 5.24. The highest BCUT2D eigenvalue weighted by molar-refractivity contribution is 9.09. The minimum atomic E-state index is 0.967. The van der Waals surface area contributed by atoms with Gasteiger partial charge in [-0.3, -0.25) is 0 Å². The smallest absolute Gasteiger partial charge is 0.00626 e. The van der Waals surface area contributed by atoms with Gasteiger partial charge in [-0.15, -0.1) is 0 Å². The topological polar surface area (TPSA) is 0 Å². The van der Waals surface area contributed by atoms with E-state index in [1.54, 1.807) is 0 Å². The lowest BCUT2D eigenvalue weighted by Gasteiger charge is -2.33. The monoisotopic (exact) mass is 240 g/mol.